The SMILES string of the molecule is c1cc2ccc3ccc(C4CC5CCC4C5)c4ccc(c1)c2c34. The Labute approximate surface area is 136 Å². The van der Waals surface area contributed by atoms with Gasteiger partial charge in [0.1, 0.15) is 0 Å². The molecule has 0 aromatic heterocycles. The minimum absolute atomic E-state index is 0.804. The molecule has 0 saturated heterocycles. The second-order valence-corrected chi connectivity index (χ2v) is 7.79. The van der Waals surface area contributed by atoms with Crippen molar-refractivity contribution in [3.8, 4) is 0 Å². The van der Waals surface area contributed by atoms with Crippen molar-refractivity contribution in [1.29, 1.82) is 0 Å². The minimum atomic E-state index is 0.804. The van der Waals surface area contributed by atoms with Gasteiger partial charge in [-0.15, -0.1) is 0 Å². The average molecular weight is 296 g/mol. The Bertz CT molecular complexity index is 1030. The first-order chi connectivity index (χ1) is 11.4. The van der Waals surface area contributed by atoms with Crippen LogP contribution in [0, 0.1) is 11.8 Å². The third-order valence-electron chi connectivity index (χ3n) is 6.70. The Morgan fingerprint density at radius 1 is 0.652 bits per heavy atom. The summed E-state index contributed by atoms with van der Waals surface area (Å²) in [4.78, 5) is 0. The predicted octanol–water partition coefficient (Wildman–Crippen LogP) is 6.49. The van der Waals surface area contributed by atoms with E-state index >= 15 is 0 Å². The maximum atomic E-state index is 2.44. The number of hydrogen-bond donors (Lipinski definition) is 0. The highest BCUT2D eigenvalue weighted by Crippen LogP contribution is 2.54. The topological polar surface area (TPSA) is 0 Å². The zero-order valence-electron chi connectivity index (χ0n) is 13.3. The Balaban J connectivity index is 1.71. The van der Waals surface area contributed by atoms with Crippen molar-refractivity contribution < 1.29 is 0 Å². The van der Waals surface area contributed by atoms with Crippen LogP contribution in [0.5, 0.6) is 0 Å². The largest absolute Gasteiger partial charge is 0.0610 e. The summed E-state index contributed by atoms with van der Waals surface area (Å²) in [6, 6.07) is 20.8. The van der Waals surface area contributed by atoms with Crippen LogP contribution in [0.15, 0.2) is 54.6 Å². The molecule has 0 spiro atoms. The van der Waals surface area contributed by atoms with Crippen molar-refractivity contribution in [3.05, 3.63) is 60.2 Å². The van der Waals surface area contributed by atoms with E-state index in [1.807, 2.05) is 0 Å². The fourth-order valence-electron chi connectivity index (χ4n) is 5.71. The smallest absolute Gasteiger partial charge is 0.00239 e. The number of benzene rings is 4. The van der Waals surface area contributed by atoms with Crippen LogP contribution < -0.4 is 0 Å². The molecule has 0 heteroatoms. The van der Waals surface area contributed by atoms with Crippen LogP contribution in [0.3, 0.4) is 0 Å². The summed E-state index contributed by atoms with van der Waals surface area (Å²) in [7, 11) is 0. The lowest BCUT2D eigenvalue weighted by atomic mass is 9.80. The fraction of sp³-hybridized carbons (Fsp3) is 0.304. The van der Waals surface area contributed by atoms with Gasteiger partial charge in [0.25, 0.3) is 0 Å². The van der Waals surface area contributed by atoms with Gasteiger partial charge in [0, 0.05) is 0 Å². The van der Waals surface area contributed by atoms with Crippen LogP contribution in [0.4, 0.5) is 0 Å². The van der Waals surface area contributed by atoms with Crippen LogP contribution >= 0.6 is 0 Å². The highest BCUT2D eigenvalue weighted by atomic mass is 14.4. The van der Waals surface area contributed by atoms with Crippen molar-refractivity contribution in [2.45, 2.75) is 31.6 Å². The standard InChI is InChI=1S/C23H20/c1-2-15-6-7-17-8-10-19(21-13-14-4-5-18(21)12-14)20-11-9-16(3-1)22(15)23(17)20/h1-3,6-11,14,18,21H,4-5,12-13H2. The van der Waals surface area contributed by atoms with E-state index < -0.39 is 0 Å². The second kappa shape index (κ2) is 4.26. The van der Waals surface area contributed by atoms with E-state index in [4.69, 9.17) is 0 Å². The zero-order chi connectivity index (χ0) is 15.0. The Hall–Kier alpha value is -2.08. The second-order valence-electron chi connectivity index (χ2n) is 7.79. The molecule has 2 aliphatic rings. The number of rotatable bonds is 1. The number of hydrogen-bond acceptors (Lipinski definition) is 0. The molecule has 0 heterocycles. The van der Waals surface area contributed by atoms with Gasteiger partial charge in [0.15, 0.2) is 0 Å². The van der Waals surface area contributed by atoms with Crippen molar-refractivity contribution in [3.63, 3.8) is 0 Å². The van der Waals surface area contributed by atoms with Gasteiger partial charge in [-0.1, -0.05) is 61.0 Å². The number of fused-ring (bicyclic) bond motifs is 2. The molecular formula is C23H20. The lowest BCUT2D eigenvalue weighted by Gasteiger charge is -2.24. The van der Waals surface area contributed by atoms with Crippen molar-refractivity contribution >= 4 is 32.3 Å². The molecular weight excluding hydrogens is 276 g/mol. The molecule has 2 bridgehead atoms. The molecule has 0 radical (unpaired) electrons. The molecule has 3 atom stereocenters. The van der Waals surface area contributed by atoms with Gasteiger partial charge < -0.3 is 0 Å². The molecule has 4 aromatic rings. The van der Waals surface area contributed by atoms with Gasteiger partial charge in [-0.2, -0.15) is 0 Å². The van der Waals surface area contributed by atoms with Crippen LogP contribution in [0.25, 0.3) is 32.3 Å². The fourth-order valence-corrected chi connectivity index (χ4v) is 5.71. The first-order valence-electron chi connectivity index (χ1n) is 9.05. The van der Waals surface area contributed by atoms with Crippen LogP contribution in [-0.4, -0.2) is 0 Å². The van der Waals surface area contributed by atoms with E-state index in [2.05, 4.69) is 54.6 Å². The molecule has 112 valence electrons. The predicted molar refractivity (Wildman–Crippen MR) is 98.3 cm³/mol. The maximum absolute atomic E-state index is 2.44. The first kappa shape index (κ1) is 12.4. The van der Waals surface area contributed by atoms with Gasteiger partial charge >= 0.3 is 0 Å². The zero-order valence-corrected chi connectivity index (χ0v) is 13.3. The van der Waals surface area contributed by atoms with Gasteiger partial charge in [-0.05, 0) is 74.9 Å². The molecule has 23 heavy (non-hydrogen) atoms. The van der Waals surface area contributed by atoms with Gasteiger partial charge in [0.2, 0.25) is 0 Å². The highest BCUT2D eigenvalue weighted by molar-refractivity contribution is 6.23. The van der Waals surface area contributed by atoms with E-state index in [0.29, 0.717) is 0 Å². The van der Waals surface area contributed by atoms with E-state index in [-0.39, 0.29) is 0 Å². The van der Waals surface area contributed by atoms with E-state index in [1.54, 1.807) is 5.56 Å². The van der Waals surface area contributed by atoms with Gasteiger partial charge in [0.05, 0.1) is 0 Å². The third kappa shape index (κ3) is 1.57. The normalized spacial score (nSPS) is 26.9. The molecule has 3 unspecified atom stereocenters. The monoisotopic (exact) mass is 296 g/mol. The average Bonchev–Trinajstić information content (AvgIpc) is 3.23. The Morgan fingerprint density at radius 3 is 2.13 bits per heavy atom. The summed E-state index contributed by atoms with van der Waals surface area (Å²) in [5.74, 6) is 2.75. The molecule has 6 rings (SSSR count). The Morgan fingerprint density at radius 2 is 1.39 bits per heavy atom. The molecule has 2 fully saturated rings. The van der Waals surface area contributed by atoms with Gasteiger partial charge in [-0.25, -0.2) is 0 Å². The first-order valence-corrected chi connectivity index (χ1v) is 9.05. The van der Waals surface area contributed by atoms with E-state index in [1.165, 1.54) is 58.0 Å². The van der Waals surface area contributed by atoms with Gasteiger partial charge in [-0.3, -0.25) is 0 Å². The summed E-state index contributed by atoms with van der Waals surface area (Å²) in [6.07, 6.45) is 5.84. The van der Waals surface area contributed by atoms with Crippen LogP contribution in [0.2, 0.25) is 0 Å². The maximum Gasteiger partial charge on any atom is -0.00239 e. The van der Waals surface area contributed by atoms with Crippen LogP contribution in [0.1, 0.15) is 37.2 Å². The highest BCUT2D eigenvalue weighted by Gasteiger charge is 2.40. The molecule has 2 saturated carbocycles. The molecule has 0 nitrogen and oxygen atoms in total. The molecule has 2 aliphatic carbocycles. The summed E-state index contributed by atoms with van der Waals surface area (Å²) >= 11 is 0. The van der Waals surface area contributed by atoms with Crippen LogP contribution in [-0.2, 0) is 0 Å². The lowest BCUT2D eigenvalue weighted by molar-refractivity contribution is 0.422. The molecule has 4 aromatic carbocycles. The van der Waals surface area contributed by atoms with Crippen molar-refractivity contribution in [2.75, 3.05) is 0 Å². The molecule has 0 N–H and O–H groups in total. The van der Waals surface area contributed by atoms with E-state index in [9.17, 15) is 0 Å². The summed E-state index contributed by atoms with van der Waals surface area (Å²) in [6.45, 7) is 0. The third-order valence-corrected chi connectivity index (χ3v) is 6.70. The quantitative estimate of drug-likeness (QED) is 0.352. The van der Waals surface area contributed by atoms with E-state index in [0.717, 1.165) is 17.8 Å². The summed E-state index contributed by atoms with van der Waals surface area (Å²) in [5, 5.41) is 8.64. The summed E-state index contributed by atoms with van der Waals surface area (Å²) in [5.41, 5.74) is 1.63. The molecule has 0 amide bonds. The van der Waals surface area contributed by atoms with Crippen molar-refractivity contribution in [1.82, 2.24) is 0 Å². The minimum Gasteiger partial charge on any atom is -0.0610 e. The summed E-state index contributed by atoms with van der Waals surface area (Å²) < 4.78 is 0. The van der Waals surface area contributed by atoms with Crippen molar-refractivity contribution in [2.24, 2.45) is 11.8 Å². The lowest BCUT2D eigenvalue weighted by Crippen LogP contribution is -2.09. The molecule has 0 aliphatic heterocycles. The Kier molecular flexibility index (Phi) is 2.29.